The summed E-state index contributed by atoms with van der Waals surface area (Å²) in [6, 6.07) is 10.1. The van der Waals surface area contributed by atoms with Crippen LogP contribution in [0.2, 0.25) is 0 Å². The van der Waals surface area contributed by atoms with Crippen molar-refractivity contribution in [2.75, 3.05) is 0 Å². The van der Waals surface area contributed by atoms with Crippen LogP contribution in [0.4, 0.5) is 4.79 Å². The summed E-state index contributed by atoms with van der Waals surface area (Å²) in [5.74, 6) is 0. The van der Waals surface area contributed by atoms with E-state index in [9.17, 15) is 13.6 Å². The Kier molecular flexibility index (Phi) is 4.29. The molecule has 2 rings (SSSR count). The molecule has 0 fully saturated rings. The van der Waals surface area contributed by atoms with Crippen molar-refractivity contribution in [1.29, 1.82) is 0 Å². The Morgan fingerprint density at radius 2 is 1.86 bits per heavy atom. The highest BCUT2D eigenvalue weighted by atomic mass is 32.2. The second kappa shape index (κ2) is 5.83. The molecule has 1 aromatic heterocycles. The smallest absolute Gasteiger partial charge is 0.418 e. The maximum Gasteiger partial charge on any atom is 0.418 e. The second-order valence-corrected chi connectivity index (χ2v) is 6.43. The van der Waals surface area contributed by atoms with Gasteiger partial charge in [0.15, 0.2) is 11.1 Å². The molecular weight excluding hydrogens is 290 g/mol. The average molecular weight is 307 g/mol. The monoisotopic (exact) mass is 307 g/mol. The van der Waals surface area contributed by atoms with E-state index in [0.29, 0.717) is 11.3 Å². The summed E-state index contributed by atoms with van der Waals surface area (Å²) in [7, 11) is 0. The molecule has 1 unspecified atom stereocenters. The first-order valence-corrected chi connectivity index (χ1v) is 7.51. The number of carbonyl (C=O) groups excluding carboxylic acids is 1. The van der Waals surface area contributed by atoms with Crippen LogP contribution in [0.5, 0.6) is 0 Å². The summed E-state index contributed by atoms with van der Waals surface area (Å²) in [4.78, 5) is 12.5. The van der Waals surface area contributed by atoms with Gasteiger partial charge in [0.25, 0.3) is 0 Å². The maximum atomic E-state index is 12.2. The first-order valence-electron chi connectivity index (χ1n) is 6.40. The lowest BCUT2D eigenvalue weighted by molar-refractivity contribution is 0.0540. The first kappa shape index (κ1) is 15.5. The van der Waals surface area contributed by atoms with Gasteiger partial charge in [-0.15, -0.1) is 0 Å². The largest absolute Gasteiger partial charge is 0.443 e. The third-order valence-electron chi connectivity index (χ3n) is 2.69. The molecule has 21 heavy (non-hydrogen) atoms. The lowest BCUT2D eigenvalue weighted by Gasteiger charge is -2.20. The predicted molar refractivity (Wildman–Crippen MR) is 80.5 cm³/mol. The SMILES string of the molecule is CC(C)(C)OC(=O)n1cccc1-c1ccccc1S(=O)O. The summed E-state index contributed by atoms with van der Waals surface area (Å²) in [5.41, 5.74) is 0.425. The average Bonchev–Trinajstić information content (AvgIpc) is 2.85. The summed E-state index contributed by atoms with van der Waals surface area (Å²) in [6.07, 6.45) is 1.04. The number of hydrogen-bond acceptors (Lipinski definition) is 3. The van der Waals surface area contributed by atoms with Crippen molar-refractivity contribution in [2.24, 2.45) is 0 Å². The van der Waals surface area contributed by atoms with Crippen molar-refractivity contribution >= 4 is 17.2 Å². The Balaban J connectivity index is 2.47. The minimum absolute atomic E-state index is 0.251. The Labute approximate surface area is 125 Å². The van der Waals surface area contributed by atoms with E-state index in [-0.39, 0.29) is 4.90 Å². The number of rotatable bonds is 2. The van der Waals surface area contributed by atoms with Crippen molar-refractivity contribution in [1.82, 2.24) is 4.57 Å². The van der Waals surface area contributed by atoms with E-state index < -0.39 is 22.8 Å². The molecule has 0 bridgehead atoms. The molecular formula is C15H17NO4S. The van der Waals surface area contributed by atoms with Crippen LogP contribution < -0.4 is 0 Å². The third-order valence-corrected chi connectivity index (χ3v) is 3.42. The fourth-order valence-electron chi connectivity index (χ4n) is 1.90. The van der Waals surface area contributed by atoms with Crippen LogP contribution >= 0.6 is 0 Å². The highest BCUT2D eigenvalue weighted by Gasteiger charge is 2.21. The zero-order valence-corrected chi connectivity index (χ0v) is 12.9. The van der Waals surface area contributed by atoms with Crippen LogP contribution in [-0.2, 0) is 15.8 Å². The van der Waals surface area contributed by atoms with Gasteiger partial charge >= 0.3 is 6.09 Å². The van der Waals surface area contributed by atoms with E-state index in [1.807, 2.05) is 0 Å². The molecule has 0 saturated carbocycles. The van der Waals surface area contributed by atoms with Gasteiger partial charge in [-0.3, -0.25) is 4.57 Å². The molecule has 112 valence electrons. The van der Waals surface area contributed by atoms with Gasteiger partial charge in [-0.05, 0) is 39.0 Å². The molecule has 1 aromatic carbocycles. The van der Waals surface area contributed by atoms with Crippen molar-refractivity contribution in [3.63, 3.8) is 0 Å². The van der Waals surface area contributed by atoms with Crippen LogP contribution in [0.3, 0.4) is 0 Å². The predicted octanol–water partition coefficient (Wildman–Crippen LogP) is 3.52. The van der Waals surface area contributed by atoms with E-state index >= 15 is 0 Å². The minimum Gasteiger partial charge on any atom is -0.443 e. The first-order chi connectivity index (χ1) is 9.79. The molecule has 6 heteroatoms. The minimum atomic E-state index is -2.13. The fourth-order valence-corrected chi connectivity index (χ4v) is 2.46. The van der Waals surface area contributed by atoms with Gasteiger partial charge < -0.3 is 9.29 Å². The number of nitrogens with zero attached hydrogens (tertiary/aromatic N) is 1. The van der Waals surface area contributed by atoms with Gasteiger partial charge in [0, 0.05) is 11.8 Å². The molecule has 1 atom stereocenters. The van der Waals surface area contributed by atoms with Crippen molar-refractivity contribution in [3.8, 4) is 11.3 Å². The Morgan fingerprint density at radius 3 is 2.48 bits per heavy atom. The number of aromatic nitrogens is 1. The molecule has 2 aromatic rings. The standard InChI is InChI=1S/C15H17NO4S/c1-15(2,3)20-14(17)16-10-6-8-12(16)11-7-4-5-9-13(11)21(18)19/h4-10H,1-3H3,(H,18,19). The Morgan fingerprint density at radius 1 is 1.19 bits per heavy atom. The molecule has 1 heterocycles. The van der Waals surface area contributed by atoms with Gasteiger partial charge in [0.05, 0.1) is 10.6 Å². The molecule has 0 amide bonds. The second-order valence-electron chi connectivity index (χ2n) is 5.49. The van der Waals surface area contributed by atoms with Crippen LogP contribution in [0.15, 0.2) is 47.5 Å². The zero-order valence-electron chi connectivity index (χ0n) is 12.1. The van der Waals surface area contributed by atoms with E-state index in [1.165, 1.54) is 4.57 Å². The van der Waals surface area contributed by atoms with Crippen LogP contribution in [0.25, 0.3) is 11.3 Å². The summed E-state index contributed by atoms with van der Waals surface area (Å²) in [6.45, 7) is 5.35. The molecule has 1 N–H and O–H groups in total. The van der Waals surface area contributed by atoms with Gasteiger partial charge in [-0.1, -0.05) is 18.2 Å². The molecule has 5 nitrogen and oxygen atoms in total. The summed E-state index contributed by atoms with van der Waals surface area (Å²) < 4.78 is 27.4. The number of ether oxygens (including phenoxy) is 1. The van der Waals surface area contributed by atoms with Crippen molar-refractivity contribution in [3.05, 3.63) is 42.6 Å². The lowest BCUT2D eigenvalue weighted by atomic mass is 10.1. The van der Waals surface area contributed by atoms with E-state index in [0.717, 1.165) is 0 Å². The molecule has 0 spiro atoms. The lowest BCUT2D eigenvalue weighted by Crippen LogP contribution is -2.27. The third kappa shape index (κ3) is 3.59. The van der Waals surface area contributed by atoms with E-state index in [1.54, 1.807) is 63.4 Å². The Hall–Kier alpha value is -1.92. The zero-order chi connectivity index (χ0) is 15.6. The van der Waals surface area contributed by atoms with Gasteiger partial charge in [0.2, 0.25) is 0 Å². The normalized spacial score (nSPS) is 13.0. The summed E-state index contributed by atoms with van der Waals surface area (Å²) in [5, 5.41) is 0. The number of benzene rings is 1. The molecule has 0 saturated heterocycles. The van der Waals surface area contributed by atoms with E-state index in [2.05, 4.69) is 0 Å². The fraction of sp³-hybridized carbons (Fsp3) is 0.267. The molecule has 0 aliphatic rings. The number of carbonyl (C=O) groups is 1. The highest BCUT2D eigenvalue weighted by Crippen LogP contribution is 2.27. The van der Waals surface area contributed by atoms with Crippen LogP contribution in [0, 0.1) is 0 Å². The van der Waals surface area contributed by atoms with Gasteiger partial charge in [-0.25, -0.2) is 9.00 Å². The van der Waals surface area contributed by atoms with Crippen molar-refractivity contribution < 1.29 is 18.3 Å². The van der Waals surface area contributed by atoms with E-state index in [4.69, 9.17) is 4.74 Å². The molecule has 0 aliphatic heterocycles. The quantitative estimate of drug-likeness (QED) is 0.862. The molecule has 0 aliphatic carbocycles. The number of hydrogen-bond donors (Lipinski definition) is 1. The van der Waals surface area contributed by atoms with Crippen molar-refractivity contribution in [2.45, 2.75) is 31.3 Å². The van der Waals surface area contributed by atoms with Gasteiger partial charge in [-0.2, -0.15) is 0 Å². The van der Waals surface area contributed by atoms with Crippen LogP contribution in [0.1, 0.15) is 20.8 Å². The molecule has 0 radical (unpaired) electrons. The van der Waals surface area contributed by atoms with Crippen LogP contribution in [-0.4, -0.2) is 25.0 Å². The maximum absolute atomic E-state index is 12.2. The van der Waals surface area contributed by atoms with Gasteiger partial charge in [0.1, 0.15) is 5.60 Å². The topological polar surface area (TPSA) is 68.5 Å². The Bertz CT molecular complexity index is 685. The summed E-state index contributed by atoms with van der Waals surface area (Å²) >= 11 is -2.13. The highest BCUT2D eigenvalue weighted by molar-refractivity contribution is 7.79.